The summed E-state index contributed by atoms with van der Waals surface area (Å²) in [5.41, 5.74) is -0.0338. The summed E-state index contributed by atoms with van der Waals surface area (Å²) in [6, 6.07) is 6.13. The Balaban J connectivity index is 1.58. The van der Waals surface area contributed by atoms with Crippen LogP contribution in [0.5, 0.6) is 5.75 Å². The van der Waals surface area contributed by atoms with Crippen LogP contribution in [-0.4, -0.2) is 42.7 Å². The van der Waals surface area contributed by atoms with Gasteiger partial charge in [0.25, 0.3) is 5.91 Å². The Morgan fingerprint density at radius 3 is 2.70 bits per heavy atom. The number of nitrogens with zero attached hydrogens (tertiary/aromatic N) is 1. The van der Waals surface area contributed by atoms with E-state index in [1.807, 2.05) is 4.90 Å². The maximum absolute atomic E-state index is 13.4. The molecular weight excluding hydrogens is 261 g/mol. The number of ether oxygens (including phenoxy) is 2. The van der Waals surface area contributed by atoms with Crippen LogP contribution in [0.25, 0.3) is 0 Å². The molecule has 0 N–H and O–H groups in total. The van der Waals surface area contributed by atoms with E-state index < -0.39 is 5.82 Å². The minimum Gasteiger partial charge on any atom is -0.481 e. The van der Waals surface area contributed by atoms with E-state index >= 15 is 0 Å². The predicted molar refractivity (Wildman–Crippen MR) is 71.0 cm³/mol. The predicted octanol–water partition coefficient (Wildman–Crippen LogP) is 1.99. The molecule has 1 aromatic rings. The lowest BCUT2D eigenvalue weighted by Gasteiger charge is -2.54. The van der Waals surface area contributed by atoms with Gasteiger partial charge in [0.15, 0.2) is 18.2 Å². The highest BCUT2D eigenvalue weighted by molar-refractivity contribution is 5.79. The Kier molecular flexibility index (Phi) is 3.61. The molecule has 3 rings (SSSR count). The van der Waals surface area contributed by atoms with Crippen LogP contribution in [0, 0.1) is 5.82 Å². The molecular formula is C15H18FNO3. The second-order valence-electron chi connectivity index (χ2n) is 5.35. The lowest BCUT2D eigenvalue weighted by Crippen LogP contribution is -2.64. The molecule has 2 aliphatic rings. The second-order valence-corrected chi connectivity index (χ2v) is 5.35. The van der Waals surface area contributed by atoms with Gasteiger partial charge in [-0.2, -0.15) is 0 Å². The standard InChI is InChI=1S/C15H18FNO3/c16-12-3-1-2-4-13(12)20-11-14(18)17-8-5-15(17)6-9-19-10-7-15/h1-4H,5-11H2. The van der Waals surface area contributed by atoms with Crippen LogP contribution in [0.2, 0.25) is 0 Å². The van der Waals surface area contributed by atoms with Crippen molar-refractivity contribution in [2.75, 3.05) is 26.4 Å². The van der Waals surface area contributed by atoms with Gasteiger partial charge in [-0.05, 0) is 31.4 Å². The Hall–Kier alpha value is -1.62. The van der Waals surface area contributed by atoms with Gasteiger partial charge in [0.2, 0.25) is 0 Å². The fourth-order valence-corrected chi connectivity index (χ4v) is 2.98. The molecule has 4 nitrogen and oxygen atoms in total. The van der Waals surface area contributed by atoms with Gasteiger partial charge in [0.05, 0.1) is 0 Å². The number of rotatable bonds is 3. The van der Waals surface area contributed by atoms with Gasteiger partial charge in [0, 0.05) is 25.3 Å². The number of para-hydroxylation sites is 1. The first-order chi connectivity index (χ1) is 9.71. The van der Waals surface area contributed by atoms with Gasteiger partial charge in [-0.15, -0.1) is 0 Å². The third kappa shape index (κ3) is 2.38. The van der Waals surface area contributed by atoms with E-state index in [1.54, 1.807) is 12.1 Å². The molecule has 0 bridgehead atoms. The van der Waals surface area contributed by atoms with E-state index in [1.165, 1.54) is 12.1 Å². The molecule has 1 spiro atoms. The number of amides is 1. The molecule has 0 atom stereocenters. The molecule has 2 saturated heterocycles. The molecule has 0 aromatic heterocycles. The molecule has 0 radical (unpaired) electrons. The smallest absolute Gasteiger partial charge is 0.260 e. The average molecular weight is 279 g/mol. The number of halogens is 1. The summed E-state index contributed by atoms with van der Waals surface area (Å²) >= 11 is 0. The summed E-state index contributed by atoms with van der Waals surface area (Å²) in [6.45, 7) is 2.07. The summed E-state index contributed by atoms with van der Waals surface area (Å²) in [4.78, 5) is 14.1. The van der Waals surface area contributed by atoms with Gasteiger partial charge in [0.1, 0.15) is 0 Å². The monoisotopic (exact) mass is 279 g/mol. The van der Waals surface area contributed by atoms with E-state index in [0.29, 0.717) is 13.2 Å². The first kappa shape index (κ1) is 13.4. The van der Waals surface area contributed by atoms with Crippen LogP contribution in [0.1, 0.15) is 19.3 Å². The SMILES string of the molecule is O=C(COc1ccccc1F)N1CCC12CCOCC2. The third-order valence-electron chi connectivity index (χ3n) is 4.29. The average Bonchev–Trinajstić information content (AvgIpc) is 2.46. The normalized spacial score (nSPS) is 20.6. The quantitative estimate of drug-likeness (QED) is 0.849. The zero-order valence-electron chi connectivity index (χ0n) is 11.3. The van der Waals surface area contributed by atoms with E-state index in [0.717, 1.165) is 25.8 Å². The van der Waals surface area contributed by atoms with Crippen LogP contribution in [0.15, 0.2) is 24.3 Å². The van der Waals surface area contributed by atoms with Gasteiger partial charge >= 0.3 is 0 Å². The van der Waals surface area contributed by atoms with Crippen molar-refractivity contribution in [1.82, 2.24) is 4.90 Å². The summed E-state index contributed by atoms with van der Waals surface area (Å²) < 4.78 is 24.1. The van der Waals surface area contributed by atoms with E-state index in [-0.39, 0.29) is 23.8 Å². The van der Waals surface area contributed by atoms with Gasteiger partial charge in [-0.25, -0.2) is 4.39 Å². The Bertz CT molecular complexity index is 500. The molecule has 0 aliphatic carbocycles. The maximum Gasteiger partial charge on any atom is 0.260 e. The van der Waals surface area contributed by atoms with Crippen molar-refractivity contribution in [2.45, 2.75) is 24.8 Å². The topological polar surface area (TPSA) is 38.8 Å². The summed E-state index contributed by atoms with van der Waals surface area (Å²) in [5, 5.41) is 0. The zero-order valence-corrected chi connectivity index (χ0v) is 11.3. The number of carbonyl (C=O) groups is 1. The van der Waals surface area contributed by atoms with Crippen molar-refractivity contribution in [2.24, 2.45) is 0 Å². The summed E-state index contributed by atoms with van der Waals surface area (Å²) in [7, 11) is 0. The summed E-state index contributed by atoms with van der Waals surface area (Å²) in [6.07, 6.45) is 2.80. The van der Waals surface area contributed by atoms with Crippen molar-refractivity contribution < 1.29 is 18.7 Å². The molecule has 108 valence electrons. The van der Waals surface area contributed by atoms with E-state index in [4.69, 9.17) is 9.47 Å². The molecule has 2 heterocycles. The summed E-state index contributed by atoms with van der Waals surface area (Å²) in [5.74, 6) is -0.381. The van der Waals surface area contributed by atoms with Crippen LogP contribution in [0.3, 0.4) is 0 Å². The minimum atomic E-state index is -0.440. The van der Waals surface area contributed by atoms with Gasteiger partial charge < -0.3 is 14.4 Å². The van der Waals surface area contributed by atoms with Crippen molar-refractivity contribution in [3.63, 3.8) is 0 Å². The fraction of sp³-hybridized carbons (Fsp3) is 0.533. The first-order valence-electron chi connectivity index (χ1n) is 6.97. The van der Waals surface area contributed by atoms with Crippen LogP contribution < -0.4 is 4.74 Å². The Labute approximate surface area is 117 Å². The minimum absolute atomic E-state index is 0.0338. The van der Waals surface area contributed by atoms with E-state index in [2.05, 4.69) is 0 Å². The molecule has 0 saturated carbocycles. The molecule has 0 unspecified atom stereocenters. The first-order valence-corrected chi connectivity index (χ1v) is 6.97. The maximum atomic E-state index is 13.4. The Morgan fingerprint density at radius 1 is 1.30 bits per heavy atom. The number of likely N-dealkylation sites (tertiary alicyclic amines) is 1. The molecule has 20 heavy (non-hydrogen) atoms. The number of carbonyl (C=O) groups excluding carboxylic acids is 1. The van der Waals surface area contributed by atoms with Crippen molar-refractivity contribution in [3.8, 4) is 5.75 Å². The van der Waals surface area contributed by atoms with Crippen molar-refractivity contribution >= 4 is 5.91 Å². The fourth-order valence-electron chi connectivity index (χ4n) is 2.98. The number of benzene rings is 1. The molecule has 2 aliphatic heterocycles. The molecule has 2 fully saturated rings. The van der Waals surface area contributed by atoms with Crippen molar-refractivity contribution in [1.29, 1.82) is 0 Å². The number of hydrogen-bond acceptors (Lipinski definition) is 3. The number of hydrogen-bond donors (Lipinski definition) is 0. The van der Waals surface area contributed by atoms with Crippen LogP contribution in [0.4, 0.5) is 4.39 Å². The third-order valence-corrected chi connectivity index (χ3v) is 4.29. The van der Waals surface area contributed by atoms with E-state index in [9.17, 15) is 9.18 Å². The van der Waals surface area contributed by atoms with Gasteiger partial charge in [-0.3, -0.25) is 4.79 Å². The molecule has 1 amide bonds. The van der Waals surface area contributed by atoms with Crippen molar-refractivity contribution in [3.05, 3.63) is 30.1 Å². The highest BCUT2D eigenvalue weighted by Crippen LogP contribution is 2.39. The highest BCUT2D eigenvalue weighted by Gasteiger charge is 2.47. The lowest BCUT2D eigenvalue weighted by molar-refractivity contribution is -0.158. The van der Waals surface area contributed by atoms with Gasteiger partial charge in [-0.1, -0.05) is 12.1 Å². The molecule has 1 aromatic carbocycles. The van der Waals surface area contributed by atoms with Crippen LogP contribution >= 0.6 is 0 Å². The largest absolute Gasteiger partial charge is 0.481 e. The Morgan fingerprint density at radius 2 is 2.05 bits per heavy atom. The zero-order chi connectivity index (χ0) is 14.0. The molecule has 5 heteroatoms. The lowest BCUT2D eigenvalue weighted by atomic mass is 9.78. The van der Waals surface area contributed by atoms with Crippen LogP contribution in [-0.2, 0) is 9.53 Å². The highest BCUT2D eigenvalue weighted by atomic mass is 19.1. The second kappa shape index (κ2) is 5.40.